The van der Waals surface area contributed by atoms with Gasteiger partial charge in [-0.3, -0.25) is 0 Å². The average molecular weight is 275 g/mol. The highest BCUT2D eigenvalue weighted by Crippen LogP contribution is 2.44. The van der Waals surface area contributed by atoms with Gasteiger partial charge in [-0.25, -0.2) is 9.97 Å². The Balaban J connectivity index is 2.09. The molecule has 1 fully saturated rings. The van der Waals surface area contributed by atoms with Crippen LogP contribution in [0.25, 0.3) is 0 Å². The van der Waals surface area contributed by atoms with Gasteiger partial charge in [0.2, 0.25) is 0 Å². The molecule has 0 aliphatic heterocycles. The smallest absolute Gasteiger partial charge is 0.187 e. The van der Waals surface area contributed by atoms with E-state index in [9.17, 15) is 5.26 Å². The van der Waals surface area contributed by atoms with E-state index in [0.29, 0.717) is 16.6 Å². The first-order valence-electron chi connectivity index (χ1n) is 6.84. The average Bonchev–Trinajstić information content (AvgIpc) is 2.39. The van der Waals surface area contributed by atoms with Crippen LogP contribution >= 0.6 is 11.8 Å². The van der Waals surface area contributed by atoms with E-state index in [1.165, 1.54) is 0 Å². The third-order valence-corrected chi connectivity index (χ3v) is 5.23. The van der Waals surface area contributed by atoms with E-state index in [0.717, 1.165) is 24.4 Å². The van der Waals surface area contributed by atoms with Crippen LogP contribution in [0.15, 0.2) is 23.6 Å². The Labute approximate surface area is 119 Å². The molecular formula is C15H21N3S. The summed E-state index contributed by atoms with van der Waals surface area (Å²) in [4.78, 5) is 8.54. The van der Waals surface area contributed by atoms with E-state index >= 15 is 0 Å². The molecule has 3 unspecified atom stereocenters. The van der Waals surface area contributed by atoms with Gasteiger partial charge in [0.1, 0.15) is 0 Å². The Morgan fingerprint density at radius 3 is 2.53 bits per heavy atom. The van der Waals surface area contributed by atoms with Crippen molar-refractivity contribution >= 4 is 11.8 Å². The predicted octanol–water partition coefficient (Wildman–Crippen LogP) is 3.92. The van der Waals surface area contributed by atoms with E-state index in [4.69, 9.17) is 0 Å². The fourth-order valence-corrected chi connectivity index (χ4v) is 3.88. The molecule has 1 aliphatic carbocycles. The normalized spacial score (nSPS) is 27.8. The van der Waals surface area contributed by atoms with Gasteiger partial charge in [0, 0.05) is 17.6 Å². The van der Waals surface area contributed by atoms with Crippen molar-refractivity contribution in [3.05, 3.63) is 18.5 Å². The number of hydrogen-bond donors (Lipinski definition) is 0. The minimum Gasteiger partial charge on any atom is -0.231 e. The van der Waals surface area contributed by atoms with Gasteiger partial charge in [-0.15, -0.1) is 0 Å². The van der Waals surface area contributed by atoms with Crippen molar-refractivity contribution in [2.24, 2.45) is 17.3 Å². The summed E-state index contributed by atoms with van der Waals surface area (Å²) in [5, 5.41) is 10.4. The van der Waals surface area contributed by atoms with Crippen molar-refractivity contribution < 1.29 is 0 Å². The zero-order valence-corrected chi connectivity index (χ0v) is 12.7. The molecule has 3 nitrogen and oxygen atoms in total. The molecule has 0 N–H and O–H groups in total. The van der Waals surface area contributed by atoms with Crippen molar-refractivity contribution in [2.45, 2.75) is 50.4 Å². The molecule has 4 heteroatoms. The van der Waals surface area contributed by atoms with Gasteiger partial charge in [0.25, 0.3) is 0 Å². The largest absolute Gasteiger partial charge is 0.231 e. The molecule has 3 atom stereocenters. The van der Waals surface area contributed by atoms with Gasteiger partial charge in [0.05, 0.1) is 12.0 Å². The zero-order valence-electron chi connectivity index (χ0n) is 11.8. The molecule has 2 rings (SSSR count). The van der Waals surface area contributed by atoms with Crippen molar-refractivity contribution in [3.63, 3.8) is 0 Å². The topological polar surface area (TPSA) is 49.6 Å². The molecule has 102 valence electrons. The van der Waals surface area contributed by atoms with Gasteiger partial charge >= 0.3 is 0 Å². The fourth-order valence-electron chi connectivity index (χ4n) is 2.68. The van der Waals surface area contributed by atoms with Crippen molar-refractivity contribution in [3.8, 4) is 6.07 Å². The predicted molar refractivity (Wildman–Crippen MR) is 77.6 cm³/mol. The minimum absolute atomic E-state index is 0.132. The van der Waals surface area contributed by atoms with Crippen LogP contribution in [0, 0.1) is 28.6 Å². The number of nitriles is 1. The lowest BCUT2D eigenvalue weighted by atomic mass is 9.70. The molecule has 1 aromatic heterocycles. The van der Waals surface area contributed by atoms with Crippen LogP contribution in [-0.2, 0) is 0 Å². The van der Waals surface area contributed by atoms with Gasteiger partial charge in [-0.1, -0.05) is 32.5 Å². The second kappa shape index (κ2) is 5.92. The van der Waals surface area contributed by atoms with Crippen LogP contribution in [0.3, 0.4) is 0 Å². The quantitative estimate of drug-likeness (QED) is 0.767. The lowest BCUT2D eigenvalue weighted by Gasteiger charge is -2.39. The summed E-state index contributed by atoms with van der Waals surface area (Å²) in [5.41, 5.74) is 0.316. The molecule has 1 saturated carbocycles. The van der Waals surface area contributed by atoms with E-state index in [1.807, 2.05) is 6.07 Å². The third-order valence-electron chi connectivity index (χ3n) is 3.98. The Hall–Kier alpha value is -1.08. The molecule has 19 heavy (non-hydrogen) atoms. The summed E-state index contributed by atoms with van der Waals surface area (Å²) in [5.74, 6) is 0.811. The summed E-state index contributed by atoms with van der Waals surface area (Å²) >= 11 is 1.67. The first kappa shape index (κ1) is 14.3. The highest BCUT2D eigenvalue weighted by Gasteiger charge is 2.36. The number of aromatic nitrogens is 2. The van der Waals surface area contributed by atoms with Crippen LogP contribution in [0.2, 0.25) is 0 Å². The van der Waals surface area contributed by atoms with Crippen molar-refractivity contribution in [2.75, 3.05) is 0 Å². The Morgan fingerprint density at radius 2 is 1.95 bits per heavy atom. The summed E-state index contributed by atoms with van der Waals surface area (Å²) < 4.78 is 0. The third kappa shape index (κ3) is 3.70. The van der Waals surface area contributed by atoms with Crippen LogP contribution in [0.1, 0.15) is 40.0 Å². The fraction of sp³-hybridized carbons (Fsp3) is 0.667. The summed E-state index contributed by atoms with van der Waals surface area (Å²) in [7, 11) is 0. The minimum atomic E-state index is 0.132. The monoisotopic (exact) mass is 275 g/mol. The molecule has 1 aliphatic rings. The lowest BCUT2D eigenvalue weighted by Crippen LogP contribution is -2.33. The number of thioether (sulfide) groups is 1. The maximum absolute atomic E-state index is 9.32. The standard InChI is InChI=1S/C15H21N3S/c1-15(2,3)12-6-5-11(10-16)13(9-12)19-14-17-7-4-8-18-14/h4,7-8,11-13H,5-6,9H2,1-3H3. The van der Waals surface area contributed by atoms with Crippen LogP contribution < -0.4 is 0 Å². The summed E-state index contributed by atoms with van der Waals surface area (Å²) in [6.45, 7) is 6.89. The second-order valence-electron chi connectivity index (χ2n) is 6.30. The first-order chi connectivity index (χ1) is 9.00. The molecule has 0 radical (unpaired) electrons. The number of nitrogens with zero attached hydrogens (tertiary/aromatic N) is 3. The van der Waals surface area contributed by atoms with Gasteiger partial charge < -0.3 is 0 Å². The summed E-state index contributed by atoms with van der Waals surface area (Å²) in [6, 6.07) is 4.29. The molecule has 0 amide bonds. The van der Waals surface area contributed by atoms with Crippen molar-refractivity contribution in [1.29, 1.82) is 5.26 Å². The molecule has 0 bridgehead atoms. The van der Waals surface area contributed by atoms with E-state index in [2.05, 4.69) is 36.8 Å². The first-order valence-corrected chi connectivity index (χ1v) is 7.72. The number of rotatable bonds is 2. The molecule has 0 spiro atoms. The van der Waals surface area contributed by atoms with Gasteiger partial charge in [0.15, 0.2) is 5.16 Å². The Kier molecular flexibility index (Phi) is 4.46. The van der Waals surface area contributed by atoms with Crippen molar-refractivity contribution in [1.82, 2.24) is 9.97 Å². The SMILES string of the molecule is CC(C)(C)C1CCC(C#N)C(Sc2ncccn2)C1. The molecular weight excluding hydrogens is 254 g/mol. The molecule has 0 aromatic carbocycles. The molecule has 0 saturated heterocycles. The Morgan fingerprint density at radius 1 is 1.26 bits per heavy atom. The van der Waals surface area contributed by atoms with Crippen LogP contribution in [0.5, 0.6) is 0 Å². The van der Waals surface area contributed by atoms with Gasteiger partial charge in [-0.2, -0.15) is 5.26 Å². The van der Waals surface area contributed by atoms with E-state index < -0.39 is 0 Å². The van der Waals surface area contributed by atoms with E-state index in [1.54, 1.807) is 24.2 Å². The maximum atomic E-state index is 9.32. The second-order valence-corrected chi connectivity index (χ2v) is 7.51. The molecule has 1 heterocycles. The molecule has 1 aromatic rings. The van der Waals surface area contributed by atoms with Gasteiger partial charge in [-0.05, 0) is 36.7 Å². The highest BCUT2D eigenvalue weighted by molar-refractivity contribution is 7.99. The number of hydrogen-bond acceptors (Lipinski definition) is 4. The van der Waals surface area contributed by atoms with E-state index in [-0.39, 0.29) is 5.92 Å². The summed E-state index contributed by atoms with van der Waals surface area (Å²) in [6.07, 6.45) is 6.78. The van der Waals surface area contributed by atoms with Crippen LogP contribution in [0.4, 0.5) is 0 Å². The lowest BCUT2D eigenvalue weighted by molar-refractivity contribution is 0.169. The maximum Gasteiger partial charge on any atom is 0.187 e. The zero-order chi connectivity index (χ0) is 13.9. The highest BCUT2D eigenvalue weighted by atomic mass is 32.2. The van der Waals surface area contributed by atoms with Crippen LogP contribution in [-0.4, -0.2) is 15.2 Å². The Bertz CT molecular complexity index is 447.